The number of carboxylic acid groups (broad SMARTS) is 1. The third kappa shape index (κ3) is 2.15. The predicted molar refractivity (Wildman–Crippen MR) is 85.5 cm³/mol. The first kappa shape index (κ1) is 15.1. The van der Waals surface area contributed by atoms with E-state index in [1.807, 2.05) is 30.3 Å². The molecule has 4 rings (SSSR count). The third-order valence-electron chi connectivity index (χ3n) is 5.96. The predicted octanol–water partition coefficient (Wildman–Crippen LogP) is 2.20. The maximum atomic E-state index is 13.0. The third-order valence-corrected chi connectivity index (χ3v) is 8.34. The van der Waals surface area contributed by atoms with E-state index in [1.54, 1.807) is 0 Å². The maximum absolute atomic E-state index is 13.0. The molecule has 0 amide bonds. The molecular weight excluding hydrogens is 314 g/mol. The van der Waals surface area contributed by atoms with Gasteiger partial charge in [0.2, 0.25) is 10.0 Å². The largest absolute Gasteiger partial charge is 0.481 e. The van der Waals surface area contributed by atoms with E-state index in [-0.39, 0.29) is 17.2 Å². The highest BCUT2D eigenvalue weighted by Gasteiger charge is 2.61. The smallest absolute Gasteiger partial charge is 0.311 e. The Morgan fingerprint density at radius 1 is 1.22 bits per heavy atom. The Morgan fingerprint density at radius 2 is 1.96 bits per heavy atom. The molecule has 1 aromatic carbocycles. The molecule has 4 atom stereocenters. The number of aliphatic carboxylic acids is 1. The number of carboxylic acids is 1. The van der Waals surface area contributed by atoms with Crippen molar-refractivity contribution in [3.8, 4) is 0 Å². The van der Waals surface area contributed by atoms with Gasteiger partial charge < -0.3 is 5.11 Å². The summed E-state index contributed by atoms with van der Waals surface area (Å²) < 4.78 is 27.6. The van der Waals surface area contributed by atoms with Crippen LogP contribution < -0.4 is 0 Å². The molecule has 2 saturated carbocycles. The number of fused-ring (bicyclic) bond motifs is 1. The summed E-state index contributed by atoms with van der Waals surface area (Å²) in [6.07, 6.45) is 3.18. The minimum absolute atomic E-state index is 0.0578. The molecule has 1 heterocycles. The normalized spacial score (nSPS) is 36.8. The molecule has 5 nitrogen and oxygen atoms in total. The first-order chi connectivity index (χ1) is 11.0. The van der Waals surface area contributed by atoms with Crippen LogP contribution >= 0.6 is 0 Å². The van der Waals surface area contributed by atoms with Crippen LogP contribution in [0.25, 0.3) is 0 Å². The molecule has 2 unspecified atom stereocenters. The maximum Gasteiger partial charge on any atom is 0.311 e. The van der Waals surface area contributed by atoms with Crippen LogP contribution in [-0.4, -0.2) is 41.6 Å². The zero-order valence-electron chi connectivity index (χ0n) is 12.9. The van der Waals surface area contributed by atoms with E-state index in [9.17, 15) is 18.3 Å². The molecule has 0 bridgehead atoms. The Bertz CT molecular complexity index is 732. The highest BCUT2D eigenvalue weighted by atomic mass is 32.2. The van der Waals surface area contributed by atoms with E-state index in [0.29, 0.717) is 32.2 Å². The van der Waals surface area contributed by atoms with Gasteiger partial charge in [-0.15, -0.1) is 0 Å². The van der Waals surface area contributed by atoms with Crippen LogP contribution in [0, 0.1) is 5.41 Å². The summed E-state index contributed by atoms with van der Waals surface area (Å²) in [4.78, 5) is 11.7. The van der Waals surface area contributed by atoms with Crippen molar-refractivity contribution in [2.75, 3.05) is 6.54 Å². The average Bonchev–Trinajstić information content (AvgIpc) is 3.09. The van der Waals surface area contributed by atoms with Gasteiger partial charge >= 0.3 is 5.97 Å². The van der Waals surface area contributed by atoms with E-state index in [2.05, 4.69) is 0 Å². The quantitative estimate of drug-likeness (QED) is 0.915. The Hall–Kier alpha value is -1.40. The second kappa shape index (κ2) is 5.05. The van der Waals surface area contributed by atoms with Gasteiger partial charge in [-0.2, -0.15) is 4.31 Å². The number of rotatable bonds is 4. The van der Waals surface area contributed by atoms with Crippen molar-refractivity contribution in [1.82, 2.24) is 4.31 Å². The summed E-state index contributed by atoms with van der Waals surface area (Å²) >= 11 is 0. The molecule has 1 aromatic rings. The molecule has 1 saturated heterocycles. The first-order valence-corrected chi connectivity index (χ1v) is 9.76. The Balaban J connectivity index is 1.58. The summed E-state index contributed by atoms with van der Waals surface area (Å²) in [6, 6.07) is 9.39. The summed E-state index contributed by atoms with van der Waals surface area (Å²) in [5, 5.41) is 9.24. The lowest BCUT2D eigenvalue weighted by molar-refractivity contribution is -0.149. The fourth-order valence-electron chi connectivity index (χ4n) is 4.62. The van der Waals surface area contributed by atoms with Gasteiger partial charge in [-0.1, -0.05) is 36.8 Å². The van der Waals surface area contributed by atoms with Crippen molar-refractivity contribution in [2.45, 2.75) is 49.3 Å². The topological polar surface area (TPSA) is 74.7 Å². The minimum atomic E-state index is -3.42. The Morgan fingerprint density at radius 3 is 2.65 bits per heavy atom. The standard InChI is InChI=1S/C17H21NO4S/c19-16(20)17-8-4-7-15(17)18(10-9-17)23(21,22)14-11-13(14)12-5-2-1-3-6-12/h1-3,5-6,13-15H,4,7-11H2,(H,19,20)/t13?,14?,15-,17+/m1/s1. The lowest BCUT2D eigenvalue weighted by atomic mass is 9.83. The highest BCUT2D eigenvalue weighted by molar-refractivity contribution is 7.90. The molecule has 1 aliphatic heterocycles. The van der Waals surface area contributed by atoms with E-state index >= 15 is 0 Å². The fourth-order valence-corrected chi connectivity index (χ4v) is 7.00. The summed E-state index contributed by atoms with van der Waals surface area (Å²) in [5.41, 5.74) is 0.223. The summed E-state index contributed by atoms with van der Waals surface area (Å²) in [6.45, 7) is 0.358. The van der Waals surface area contributed by atoms with Gasteiger partial charge in [-0.25, -0.2) is 8.42 Å². The van der Waals surface area contributed by atoms with Crippen LogP contribution in [0.3, 0.4) is 0 Å². The Kier molecular flexibility index (Phi) is 3.32. The molecule has 3 fully saturated rings. The molecule has 0 radical (unpaired) electrons. The van der Waals surface area contributed by atoms with Gasteiger partial charge in [0, 0.05) is 18.5 Å². The van der Waals surface area contributed by atoms with Gasteiger partial charge in [0.1, 0.15) is 0 Å². The van der Waals surface area contributed by atoms with Gasteiger partial charge in [-0.3, -0.25) is 4.79 Å². The second-order valence-electron chi connectivity index (χ2n) is 7.07. The number of carbonyl (C=O) groups is 1. The fraction of sp³-hybridized carbons (Fsp3) is 0.588. The average molecular weight is 335 g/mol. The van der Waals surface area contributed by atoms with Crippen LogP contribution in [0.15, 0.2) is 30.3 Å². The highest BCUT2D eigenvalue weighted by Crippen LogP contribution is 2.54. The van der Waals surface area contributed by atoms with Crippen molar-refractivity contribution < 1.29 is 18.3 Å². The van der Waals surface area contributed by atoms with Crippen molar-refractivity contribution in [3.05, 3.63) is 35.9 Å². The number of sulfonamides is 1. The zero-order chi connectivity index (χ0) is 16.2. The van der Waals surface area contributed by atoms with Crippen molar-refractivity contribution in [3.63, 3.8) is 0 Å². The van der Waals surface area contributed by atoms with E-state index < -0.39 is 21.4 Å². The number of hydrogen-bond acceptors (Lipinski definition) is 3. The molecule has 1 N–H and O–H groups in total. The number of benzene rings is 1. The summed E-state index contributed by atoms with van der Waals surface area (Å²) in [7, 11) is -3.42. The van der Waals surface area contributed by atoms with Crippen molar-refractivity contribution >= 4 is 16.0 Å². The molecule has 23 heavy (non-hydrogen) atoms. The zero-order valence-corrected chi connectivity index (χ0v) is 13.7. The van der Waals surface area contributed by atoms with Crippen LogP contribution in [0.2, 0.25) is 0 Å². The lowest BCUT2D eigenvalue weighted by Gasteiger charge is -2.28. The monoisotopic (exact) mass is 335 g/mol. The first-order valence-electron chi connectivity index (χ1n) is 8.26. The molecule has 6 heteroatoms. The molecule has 0 aromatic heterocycles. The van der Waals surface area contributed by atoms with E-state index in [0.717, 1.165) is 12.0 Å². The van der Waals surface area contributed by atoms with E-state index in [4.69, 9.17) is 0 Å². The lowest BCUT2D eigenvalue weighted by Crippen LogP contribution is -2.44. The number of hydrogen-bond donors (Lipinski definition) is 1. The minimum Gasteiger partial charge on any atom is -0.481 e. The van der Waals surface area contributed by atoms with Crippen molar-refractivity contribution in [1.29, 1.82) is 0 Å². The van der Waals surface area contributed by atoms with Crippen LogP contribution in [0.4, 0.5) is 0 Å². The SMILES string of the molecule is O=C(O)[C@]12CCC[C@H]1N(S(=O)(=O)C1CC1c1ccccc1)CC2. The van der Waals surface area contributed by atoms with Gasteiger partial charge in [0.25, 0.3) is 0 Å². The number of nitrogens with zero attached hydrogens (tertiary/aromatic N) is 1. The molecule has 2 aliphatic carbocycles. The van der Waals surface area contributed by atoms with Crippen molar-refractivity contribution in [2.24, 2.45) is 5.41 Å². The van der Waals surface area contributed by atoms with Crippen LogP contribution in [0.5, 0.6) is 0 Å². The molecule has 0 spiro atoms. The van der Waals surface area contributed by atoms with Gasteiger partial charge in [-0.05, 0) is 31.2 Å². The van der Waals surface area contributed by atoms with Gasteiger partial charge in [0.15, 0.2) is 0 Å². The van der Waals surface area contributed by atoms with E-state index in [1.165, 1.54) is 4.31 Å². The van der Waals surface area contributed by atoms with Gasteiger partial charge in [0.05, 0.1) is 10.7 Å². The second-order valence-corrected chi connectivity index (χ2v) is 9.17. The summed E-state index contributed by atoms with van der Waals surface area (Å²) in [5.74, 6) is -0.768. The molecular formula is C17H21NO4S. The molecule has 3 aliphatic rings. The Labute approximate surface area is 136 Å². The van der Waals surface area contributed by atoms with Crippen LogP contribution in [0.1, 0.15) is 43.6 Å². The molecule has 124 valence electrons. The van der Waals surface area contributed by atoms with Crippen LogP contribution in [-0.2, 0) is 14.8 Å².